The molecule has 0 saturated heterocycles. The lowest BCUT2D eigenvalue weighted by atomic mass is 9.76. The highest BCUT2D eigenvalue weighted by atomic mass is 16.1. The lowest BCUT2D eigenvalue weighted by Gasteiger charge is -2.26. The smallest absolute Gasteiger partial charge is 0.141 e. The number of Topliss-reactive ketones (excluding diaryl/α,β-unsaturated/α-hetero) is 1. The van der Waals surface area contributed by atoms with Crippen molar-refractivity contribution in [2.45, 2.75) is 59.3 Å². The topological polar surface area (TPSA) is 17.1 Å². The third-order valence-corrected chi connectivity index (χ3v) is 3.66. The summed E-state index contributed by atoms with van der Waals surface area (Å²) in [5.41, 5.74) is 0.0384. The summed E-state index contributed by atoms with van der Waals surface area (Å²) < 4.78 is 0. The molecular formula is C12H22O. The van der Waals surface area contributed by atoms with Gasteiger partial charge in [-0.3, -0.25) is 4.79 Å². The van der Waals surface area contributed by atoms with Crippen LogP contribution in [0.4, 0.5) is 0 Å². The van der Waals surface area contributed by atoms with Crippen molar-refractivity contribution in [2.24, 2.45) is 11.3 Å². The van der Waals surface area contributed by atoms with Gasteiger partial charge < -0.3 is 0 Å². The molecule has 0 aliphatic heterocycles. The fourth-order valence-corrected chi connectivity index (χ4v) is 2.55. The van der Waals surface area contributed by atoms with E-state index in [2.05, 4.69) is 20.8 Å². The molecule has 13 heavy (non-hydrogen) atoms. The van der Waals surface area contributed by atoms with Crippen LogP contribution in [0.3, 0.4) is 0 Å². The maximum Gasteiger partial charge on any atom is 0.141 e. The van der Waals surface area contributed by atoms with Crippen molar-refractivity contribution in [3.8, 4) is 0 Å². The molecule has 1 saturated carbocycles. The molecule has 0 heterocycles. The molecule has 1 aliphatic carbocycles. The van der Waals surface area contributed by atoms with E-state index in [0.717, 1.165) is 25.7 Å². The Morgan fingerprint density at radius 1 is 1.23 bits per heavy atom. The van der Waals surface area contributed by atoms with Crippen molar-refractivity contribution in [1.29, 1.82) is 0 Å². The van der Waals surface area contributed by atoms with Crippen molar-refractivity contribution in [1.82, 2.24) is 0 Å². The Morgan fingerprint density at radius 3 is 2.08 bits per heavy atom. The van der Waals surface area contributed by atoms with Crippen molar-refractivity contribution in [3.05, 3.63) is 0 Å². The van der Waals surface area contributed by atoms with E-state index in [1.54, 1.807) is 0 Å². The summed E-state index contributed by atoms with van der Waals surface area (Å²) in [6, 6.07) is 0. The second-order valence-corrected chi connectivity index (χ2v) is 4.65. The zero-order valence-electron chi connectivity index (χ0n) is 9.23. The van der Waals surface area contributed by atoms with Crippen molar-refractivity contribution in [2.75, 3.05) is 0 Å². The first kappa shape index (κ1) is 10.7. The molecule has 0 bridgehead atoms. The Kier molecular flexibility index (Phi) is 3.52. The van der Waals surface area contributed by atoms with Gasteiger partial charge in [-0.2, -0.15) is 0 Å². The van der Waals surface area contributed by atoms with Gasteiger partial charge in [-0.05, 0) is 25.7 Å². The summed E-state index contributed by atoms with van der Waals surface area (Å²) in [6.07, 6.45) is 6.80. The monoisotopic (exact) mass is 182 g/mol. The summed E-state index contributed by atoms with van der Waals surface area (Å²) in [6.45, 7) is 6.43. The van der Waals surface area contributed by atoms with Gasteiger partial charge in [0.1, 0.15) is 5.78 Å². The second-order valence-electron chi connectivity index (χ2n) is 4.65. The standard InChI is InChI=1S/C12H22O/c1-4-10(5-2)11(13)12(3)8-6-7-9-12/h10H,4-9H2,1-3H3. The van der Waals surface area contributed by atoms with E-state index in [-0.39, 0.29) is 5.41 Å². The molecule has 1 fully saturated rings. The van der Waals surface area contributed by atoms with Gasteiger partial charge in [0.15, 0.2) is 0 Å². The van der Waals surface area contributed by atoms with E-state index in [0.29, 0.717) is 11.7 Å². The Morgan fingerprint density at radius 2 is 1.69 bits per heavy atom. The lowest BCUT2D eigenvalue weighted by Crippen LogP contribution is -2.30. The van der Waals surface area contributed by atoms with Gasteiger partial charge in [0.05, 0.1) is 0 Å². The summed E-state index contributed by atoms with van der Waals surface area (Å²) in [7, 11) is 0. The third-order valence-electron chi connectivity index (χ3n) is 3.66. The van der Waals surface area contributed by atoms with Crippen LogP contribution in [0.1, 0.15) is 59.3 Å². The Bertz CT molecular complexity index is 174. The van der Waals surface area contributed by atoms with Crippen LogP contribution in [-0.2, 0) is 4.79 Å². The van der Waals surface area contributed by atoms with E-state index >= 15 is 0 Å². The molecule has 0 unspecified atom stereocenters. The highest BCUT2D eigenvalue weighted by Crippen LogP contribution is 2.41. The molecule has 1 nitrogen and oxygen atoms in total. The zero-order valence-corrected chi connectivity index (χ0v) is 9.23. The van der Waals surface area contributed by atoms with Crippen LogP contribution >= 0.6 is 0 Å². The maximum absolute atomic E-state index is 12.1. The summed E-state index contributed by atoms with van der Waals surface area (Å²) >= 11 is 0. The Hall–Kier alpha value is -0.330. The van der Waals surface area contributed by atoms with Gasteiger partial charge in [-0.15, -0.1) is 0 Å². The van der Waals surface area contributed by atoms with Crippen LogP contribution in [0, 0.1) is 11.3 Å². The highest BCUT2D eigenvalue weighted by molar-refractivity contribution is 5.86. The molecule has 0 aromatic heterocycles. The van der Waals surface area contributed by atoms with Crippen LogP contribution in [0.5, 0.6) is 0 Å². The number of carbonyl (C=O) groups is 1. The fraction of sp³-hybridized carbons (Fsp3) is 0.917. The van der Waals surface area contributed by atoms with Gasteiger partial charge >= 0.3 is 0 Å². The molecular weight excluding hydrogens is 160 g/mol. The van der Waals surface area contributed by atoms with Crippen molar-refractivity contribution >= 4 is 5.78 Å². The number of carbonyl (C=O) groups excluding carboxylic acids is 1. The van der Waals surface area contributed by atoms with Gasteiger partial charge in [0, 0.05) is 11.3 Å². The Balaban J connectivity index is 2.64. The average molecular weight is 182 g/mol. The first-order valence-corrected chi connectivity index (χ1v) is 5.68. The van der Waals surface area contributed by atoms with Crippen LogP contribution in [0.25, 0.3) is 0 Å². The Labute approximate surface area is 81.9 Å². The third kappa shape index (κ3) is 2.12. The normalized spacial score (nSPS) is 20.9. The molecule has 0 amide bonds. The van der Waals surface area contributed by atoms with Crippen molar-refractivity contribution in [3.63, 3.8) is 0 Å². The van der Waals surface area contributed by atoms with Crippen LogP contribution < -0.4 is 0 Å². The average Bonchev–Trinajstić information content (AvgIpc) is 2.55. The van der Waals surface area contributed by atoms with E-state index in [4.69, 9.17) is 0 Å². The number of hydrogen-bond donors (Lipinski definition) is 0. The van der Waals surface area contributed by atoms with Gasteiger partial charge in [-0.1, -0.05) is 33.6 Å². The van der Waals surface area contributed by atoms with Gasteiger partial charge in [-0.25, -0.2) is 0 Å². The van der Waals surface area contributed by atoms with E-state index < -0.39 is 0 Å². The number of rotatable bonds is 4. The van der Waals surface area contributed by atoms with Crippen LogP contribution in [0.2, 0.25) is 0 Å². The second kappa shape index (κ2) is 4.26. The molecule has 0 spiro atoms. The van der Waals surface area contributed by atoms with Crippen LogP contribution in [-0.4, -0.2) is 5.78 Å². The first-order valence-electron chi connectivity index (χ1n) is 5.68. The maximum atomic E-state index is 12.1. The molecule has 0 aromatic carbocycles. The zero-order chi connectivity index (χ0) is 9.90. The highest BCUT2D eigenvalue weighted by Gasteiger charge is 2.38. The molecule has 1 rings (SSSR count). The largest absolute Gasteiger partial charge is 0.299 e. The molecule has 0 aromatic rings. The van der Waals surface area contributed by atoms with E-state index in [1.807, 2.05) is 0 Å². The number of hydrogen-bond acceptors (Lipinski definition) is 1. The number of ketones is 1. The molecule has 1 aliphatic rings. The minimum absolute atomic E-state index is 0.0384. The predicted molar refractivity (Wildman–Crippen MR) is 55.7 cm³/mol. The van der Waals surface area contributed by atoms with Gasteiger partial charge in [0.2, 0.25) is 0 Å². The fourth-order valence-electron chi connectivity index (χ4n) is 2.55. The minimum atomic E-state index is 0.0384. The van der Waals surface area contributed by atoms with E-state index in [1.165, 1.54) is 12.8 Å². The molecule has 0 atom stereocenters. The summed E-state index contributed by atoms with van der Waals surface area (Å²) in [5.74, 6) is 0.859. The SMILES string of the molecule is CCC(CC)C(=O)C1(C)CCCC1. The molecule has 76 valence electrons. The van der Waals surface area contributed by atoms with Crippen LogP contribution in [0.15, 0.2) is 0 Å². The van der Waals surface area contributed by atoms with E-state index in [9.17, 15) is 4.79 Å². The van der Waals surface area contributed by atoms with Gasteiger partial charge in [0.25, 0.3) is 0 Å². The molecule has 0 radical (unpaired) electrons. The summed E-state index contributed by atoms with van der Waals surface area (Å²) in [4.78, 5) is 12.1. The first-order chi connectivity index (χ1) is 6.14. The predicted octanol–water partition coefficient (Wildman–Crippen LogP) is 3.57. The lowest BCUT2D eigenvalue weighted by molar-refractivity contribution is -0.132. The minimum Gasteiger partial charge on any atom is -0.299 e. The molecule has 0 N–H and O–H groups in total. The van der Waals surface area contributed by atoms with Crippen molar-refractivity contribution < 1.29 is 4.79 Å². The molecule has 1 heteroatoms. The summed E-state index contributed by atoms with van der Waals surface area (Å²) in [5, 5.41) is 0. The quantitative estimate of drug-likeness (QED) is 0.649.